The summed E-state index contributed by atoms with van der Waals surface area (Å²) in [6.07, 6.45) is -3.54. The number of anilines is 1. The standard InChI is InChI=1S/C19H19F3N4O2S/c1-11(2)16(17(27)23-13-5-7-14(28-3)8-6-13)29-18-25-24-15-9-4-12(10-26(15)18)19(20,21)22/h4-11,16H,1-3H3,(H,23,27). The van der Waals surface area contributed by atoms with Gasteiger partial charge < -0.3 is 10.1 Å². The molecule has 10 heteroatoms. The Kier molecular flexibility index (Phi) is 6.02. The lowest BCUT2D eigenvalue weighted by Gasteiger charge is -2.19. The van der Waals surface area contributed by atoms with Crippen LogP contribution in [0.2, 0.25) is 0 Å². The van der Waals surface area contributed by atoms with Gasteiger partial charge >= 0.3 is 6.18 Å². The molecule has 0 fully saturated rings. The molecule has 1 atom stereocenters. The van der Waals surface area contributed by atoms with E-state index < -0.39 is 17.0 Å². The molecule has 6 nitrogen and oxygen atoms in total. The SMILES string of the molecule is COc1ccc(NC(=O)C(Sc2nnc3ccc(C(F)(F)F)cn23)C(C)C)cc1. The van der Waals surface area contributed by atoms with Gasteiger partial charge in [-0.2, -0.15) is 13.2 Å². The largest absolute Gasteiger partial charge is 0.497 e. The van der Waals surface area contributed by atoms with Crippen LogP contribution in [-0.2, 0) is 11.0 Å². The second-order valence-electron chi connectivity index (χ2n) is 6.63. The number of ether oxygens (including phenoxy) is 1. The number of methoxy groups -OCH3 is 1. The van der Waals surface area contributed by atoms with Crippen LogP contribution in [0, 0.1) is 5.92 Å². The highest BCUT2D eigenvalue weighted by molar-refractivity contribution is 8.00. The fraction of sp³-hybridized carbons (Fsp3) is 0.316. The number of carbonyl (C=O) groups is 1. The third-order valence-electron chi connectivity index (χ3n) is 4.15. The monoisotopic (exact) mass is 424 g/mol. The summed E-state index contributed by atoms with van der Waals surface area (Å²) in [5, 5.41) is 10.3. The zero-order valence-corrected chi connectivity index (χ0v) is 16.7. The summed E-state index contributed by atoms with van der Waals surface area (Å²) < 4.78 is 45.4. The number of thioether (sulfide) groups is 1. The van der Waals surface area contributed by atoms with Crippen LogP contribution in [0.25, 0.3) is 5.65 Å². The van der Waals surface area contributed by atoms with E-state index in [0.717, 1.165) is 24.0 Å². The van der Waals surface area contributed by atoms with Crippen molar-refractivity contribution in [1.82, 2.24) is 14.6 Å². The van der Waals surface area contributed by atoms with Crippen molar-refractivity contribution in [3.8, 4) is 5.75 Å². The lowest BCUT2D eigenvalue weighted by molar-refractivity contribution is -0.137. The first-order valence-electron chi connectivity index (χ1n) is 8.72. The Morgan fingerprint density at radius 2 is 1.83 bits per heavy atom. The van der Waals surface area contributed by atoms with E-state index in [1.807, 2.05) is 13.8 Å². The van der Waals surface area contributed by atoms with E-state index in [-0.39, 0.29) is 22.6 Å². The van der Waals surface area contributed by atoms with E-state index in [4.69, 9.17) is 4.74 Å². The maximum absolute atomic E-state index is 13.0. The van der Waals surface area contributed by atoms with Crippen LogP contribution in [0.5, 0.6) is 5.75 Å². The minimum atomic E-state index is -4.48. The van der Waals surface area contributed by atoms with Crippen LogP contribution >= 0.6 is 11.8 Å². The summed E-state index contributed by atoms with van der Waals surface area (Å²) in [5.74, 6) is 0.281. The Hall–Kier alpha value is -2.75. The van der Waals surface area contributed by atoms with E-state index in [0.29, 0.717) is 11.4 Å². The van der Waals surface area contributed by atoms with Gasteiger partial charge in [-0.05, 0) is 42.3 Å². The molecule has 1 N–H and O–H groups in total. The lowest BCUT2D eigenvalue weighted by Crippen LogP contribution is -2.29. The molecular formula is C19H19F3N4O2S. The number of halogens is 3. The first-order valence-corrected chi connectivity index (χ1v) is 9.60. The summed E-state index contributed by atoms with van der Waals surface area (Å²) in [5.41, 5.74) is 0.0570. The van der Waals surface area contributed by atoms with E-state index in [1.54, 1.807) is 31.4 Å². The number of rotatable bonds is 6. The molecule has 0 aliphatic rings. The van der Waals surface area contributed by atoms with Crippen molar-refractivity contribution in [3.05, 3.63) is 48.2 Å². The Labute approximate surface area is 169 Å². The molecule has 2 aromatic heterocycles. The van der Waals surface area contributed by atoms with Crippen LogP contribution in [0.4, 0.5) is 18.9 Å². The number of hydrogen-bond donors (Lipinski definition) is 1. The minimum Gasteiger partial charge on any atom is -0.497 e. The quantitative estimate of drug-likeness (QED) is 0.590. The van der Waals surface area contributed by atoms with Gasteiger partial charge in [0.05, 0.1) is 17.9 Å². The second kappa shape index (κ2) is 8.32. The van der Waals surface area contributed by atoms with Crippen LogP contribution in [0.1, 0.15) is 19.4 Å². The average Bonchev–Trinajstić information content (AvgIpc) is 3.07. The molecule has 3 rings (SSSR count). The number of pyridine rings is 1. The van der Waals surface area contributed by atoms with E-state index in [9.17, 15) is 18.0 Å². The Balaban J connectivity index is 1.83. The molecule has 0 radical (unpaired) electrons. The third kappa shape index (κ3) is 4.81. The number of amides is 1. The lowest BCUT2D eigenvalue weighted by atomic mass is 10.1. The summed E-state index contributed by atoms with van der Waals surface area (Å²) in [4.78, 5) is 12.8. The maximum Gasteiger partial charge on any atom is 0.417 e. The van der Waals surface area contributed by atoms with Crippen molar-refractivity contribution < 1.29 is 22.7 Å². The Morgan fingerprint density at radius 3 is 2.41 bits per heavy atom. The number of fused-ring (bicyclic) bond motifs is 1. The number of nitrogens with zero attached hydrogens (tertiary/aromatic N) is 3. The highest BCUT2D eigenvalue weighted by atomic mass is 32.2. The number of hydrogen-bond acceptors (Lipinski definition) is 5. The molecule has 0 saturated heterocycles. The van der Waals surface area contributed by atoms with Gasteiger partial charge in [0, 0.05) is 11.9 Å². The number of benzene rings is 1. The van der Waals surface area contributed by atoms with Crippen LogP contribution in [0.3, 0.4) is 0 Å². The van der Waals surface area contributed by atoms with Crippen LogP contribution in [0.15, 0.2) is 47.8 Å². The Morgan fingerprint density at radius 1 is 1.14 bits per heavy atom. The van der Waals surface area contributed by atoms with E-state index in [1.165, 1.54) is 10.5 Å². The van der Waals surface area contributed by atoms with Crippen molar-refractivity contribution in [3.63, 3.8) is 0 Å². The zero-order valence-electron chi connectivity index (χ0n) is 15.9. The van der Waals surface area contributed by atoms with E-state index in [2.05, 4.69) is 15.5 Å². The molecule has 154 valence electrons. The number of alkyl halides is 3. The predicted octanol–water partition coefficient (Wildman–Crippen LogP) is 4.51. The normalized spacial score (nSPS) is 12.9. The predicted molar refractivity (Wildman–Crippen MR) is 104 cm³/mol. The molecule has 1 unspecified atom stereocenters. The molecule has 0 spiro atoms. The highest BCUT2D eigenvalue weighted by Gasteiger charge is 2.32. The number of nitrogens with one attached hydrogen (secondary N) is 1. The van der Waals surface area contributed by atoms with Gasteiger partial charge in [-0.1, -0.05) is 25.6 Å². The summed E-state index contributed by atoms with van der Waals surface area (Å²) >= 11 is 1.07. The van der Waals surface area contributed by atoms with Crippen molar-refractivity contribution in [2.45, 2.75) is 30.4 Å². The van der Waals surface area contributed by atoms with Crippen molar-refractivity contribution in [2.24, 2.45) is 5.92 Å². The summed E-state index contributed by atoms with van der Waals surface area (Å²) in [7, 11) is 1.55. The summed E-state index contributed by atoms with van der Waals surface area (Å²) in [6.45, 7) is 3.71. The second-order valence-corrected chi connectivity index (χ2v) is 7.74. The van der Waals surface area contributed by atoms with Crippen LogP contribution in [-0.4, -0.2) is 32.9 Å². The van der Waals surface area contributed by atoms with Gasteiger partial charge in [0.15, 0.2) is 10.8 Å². The smallest absolute Gasteiger partial charge is 0.417 e. The van der Waals surface area contributed by atoms with Gasteiger partial charge in [-0.25, -0.2) is 0 Å². The van der Waals surface area contributed by atoms with Crippen molar-refractivity contribution in [1.29, 1.82) is 0 Å². The molecular weight excluding hydrogens is 405 g/mol. The van der Waals surface area contributed by atoms with Gasteiger partial charge in [0.1, 0.15) is 5.75 Å². The Bertz CT molecular complexity index is 1000. The fourth-order valence-corrected chi connectivity index (χ4v) is 3.62. The van der Waals surface area contributed by atoms with Crippen molar-refractivity contribution >= 4 is 29.0 Å². The van der Waals surface area contributed by atoms with Crippen molar-refractivity contribution in [2.75, 3.05) is 12.4 Å². The van der Waals surface area contributed by atoms with Gasteiger partial charge in [0.25, 0.3) is 0 Å². The molecule has 29 heavy (non-hydrogen) atoms. The fourth-order valence-electron chi connectivity index (χ4n) is 2.61. The molecule has 1 amide bonds. The molecule has 1 aromatic carbocycles. The highest BCUT2D eigenvalue weighted by Crippen LogP contribution is 2.32. The van der Waals surface area contributed by atoms with E-state index >= 15 is 0 Å². The molecule has 0 bridgehead atoms. The molecule has 3 aromatic rings. The molecule has 0 aliphatic carbocycles. The zero-order chi connectivity index (χ0) is 21.2. The van der Waals surface area contributed by atoms with Crippen LogP contribution < -0.4 is 10.1 Å². The topological polar surface area (TPSA) is 68.5 Å². The first kappa shape index (κ1) is 21.0. The molecule has 2 heterocycles. The number of carbonyl (C=O) groups excluding carboxylic acids is 1. The van der Waals surface area contributed by atoms with Gasteiger partial charge in [-0.3, -0.25) is 9.20 Å². The van der Waals surface area contributed by atoms with Gasteiger partial charge in [0.2, 0.25) is 5.91 Å². The third-order valence-corrected chi connectivity index (χ3v) is 5.65. The number of aromatic nitrogens is 3. The molecule has 0 aliphatic heterocycles. The van der Waals surface area contributed by atoms with Gasteiger partial charge in [-0.15, -0.1) is 10.2 Å². The summed E-state index contributed by atoms with van der Waals surface area (Å²) in [6, 6.07) is 9.06. The first-order chi connectivity index (χ1) is 13.7. The minimum absolute atomic E-state index is 0.101. The molecule has 0 saturated carbocycles. The average molecular weight is 424 g/mol. The maximum atomic E-state index is 13.0.